The molecular formula is C77H52B2N2O6. The zero-order chi connectivity index (χ0) is 57.8. The third-order valence-electron chi connectivity index (χ3n) is 19.2. The molecule has 10 heteroatoms. The fourth-order valence-electron chi connectivity index (χ4n) is 15.5. The van der Waals surface area contributed by atoms with E-state index in [1.165, 1.54) is 10.9 Å². The Morgan fingerprint density at radius 2 is 0.667 bits per heavy atom. The fourth-order valence-corrected chi connectivity index (χ4v) is 15.5. The summed E-state index contributed by atoms with van der Waals surface area (Å²) in [6.07, 6.45) is 0. The van der Waals surface area contributed by atoms with E-state index < -0.39 is 5.41 Å². The van der Waals surface area contributed by atoms with E-state index in [9.17, 15) is 0 Å². The first-order chi connectivity index (χ1) is 42.9. The molecule has 0 radical (unpaired) electrons. The van der Waals surface area contributed by atoms with Crippen LogP contribution in [0.1, 0.15) is 22.3 Å². The van der Waals surface area contributed by atoms with Crippen LogP contribution in [0.25, 0.3) is 77.2 Å². The highest BCUT2D eigenvalue weighted by atomic mass is 16.5. The highest BCUT2D eigenvalue weighted by molar-refractivity contribution is 6.97. The van der Waals surface area contributed by atoms with Crippen molar-refractivity contribution in [3.63, 3.8) is 0 Å². The molecule has 0 unspecified atom stereocenters. The molecule has 0 fully saturated rings. The molecule has 0 bridgehead atoms. The number of fused-ring (bicyclic) bond motifs is 22. The van der Waals surface area contributed by atoms with E-state index in [0.29, 0.717) is 0 Å². The number of aromatic nitrogens is 2. The van der Waals surface area contributed by atoms with Gasteiger partial charge in [-0.1, -0.05) is 144 Å². The number of methoxy groups -OCH3 is 4. The lowest BCUT2D eigenvalue weighted by atomic mass is 9.35. The van der Waals surface area contributed by atoms with Gasteiger partial charge < -0.3 is 37.6 Å². The number of nitrogens with zero attached hydrogens (tertiary/aromatic N) is 2. The van der Waals surface area contributed by atoms with Gasteiger partial charge in [-0.15, -0.1) is 0 Å². The molecule has 18 rings (SSSR count). The van der Waals surface area contributed by atoms with Crippen LogP contribution in [-0.2, 0) is 5.41 Å². The third-order valence-corrected chi connectivity index (χ3v) is 19.2. The van der Waals surface area contributed by atoms with Crippen molar-refractivity contribution in [2.45, 2.75) is 5.41 Å². The van der Waals surface area contributed by atoms with Gasteiger partial charge in [0.1, 0.15) is 46.0 Å². The van der Waals surface area contributed by atoms with Crippen molar-refractivity contribution in [1.29, 1.82) is 0 Å². The molecule has 4 aliphatic rings. The van der Waals surface area contributed by atoms with Crippen molar-refractivity contribution in [2.24, 2.45) is 0 Å². The molecule has 0 N–H and O–H groups in total. The third kappa shape index (κ3) is 6.81. The number of para-hydroxylation sites is 2. The van der Waals surface area contributed by atoms with Crippen LogP contribution in [0.2, 0.25) is 0 Å². The molecule has 412 valence electrons. The summed E-state index contributed by atoms with van der Waals surface area (Å²) in [4.78, 5) is 0. The molecule has 1 spiro atoms. The molecule has 12 aromatic carbocycles. The zero-order valence-corrected chi connectivity index (χ0v) is 48.1. The number of benzene rings is 12. The lowest BCUT2D eigenvalue weighted by Gasteiger charge is -2.33. The highest BCUT2D eigenvalue weighted by Gasteiger charge is 2.55. The second-order valence-corrected chi connectivity index (χ2v) is 23.2. The Morgan fingerprint density at radius 1 is 0.322 bits per heavy atom. The summed E-state index contributed by atoms with van der Waals surface area (Å²) in [5, 5.41) is 4.28. The Kier molecular flexibility index (Phi) is 10.6. The van der Waals surface area contributed by atoms with E-state index in [1.54, 1.807) is 28.4 Å². The molecule has 2 aliphatic heterocycles. The topological polar surface area (TPSA) is 65.2 Å². The molecule has 8 nitrogen and oxygen atoms in total. The van der Waals surface area contributed by atoms with Crippen LogP contribution in [-0.4, -0.2) is 51.0 Å². The van der Waals surface area contributed by atoms with E-state index in [0.717, 1.165) is 167 Å². The molecule has 87 heavy (non-hydrogen) atoms. The van der Waals surface area contributed by atoms with Crippen LogP contribution in [0.15, 0.2) is 243 Å². The maximum Gasteiger partial charge on any atom is 0.250 e. The summed E-state index contributed by atoms with van der Waals surface area (Å²) in [6, 6.07) is 88.1. The normalized spacial score (nSPS) is 13.5. The lowest BCUT2D eigenvalue weighted by molar-refractivity contribution is 0.415. The van der Waals surface area contributed by atoms with E-state index in [2.05, 4.69) is 252 Å². The van der Waals surface area contributed by atoms with Crippen molar-refractivity contribution in [2.75, 3.05) is 28.4 Å². The SMILES string of the molecule is COc1ccc2c(c1)c1cc(OC)ccc1n2-c1ccc2c(c1)-c1c(ccc3c1Oc1ccccc1B3c1ccccc1)C21c2ccc(-n3c4ccc(OC)cc4c4cc(OC)ccc43)cc2-c2c1ccc1c2Oc2ccccc2B1c1ccccc1. The van der Waals surface area contributed by atoms with Crippen LogP contribution >= 0.6 is 0 Å². The van der Waals surface area contributed by atoms with E-state index in [4.69, 9.17) is 28.4 Å². The fraction of sp³-hybridized carbons (Fsp3) is 0.0649. The first-order valence-electron chi connectivity index (χ1n) is 29.6. The molecular weight excluding hydrogens is 1070 g/mol. The number of hydrogen-bond donors (Lipinski definition) is 0. The van der Waals surface area contributed by atoms with Crippen LogP contribution in [0.5, 0.6) is 46.0 Å². The number of rotatable bonds is 8. The second-order valence-electron chi connectivity index (χ2n) is 23.2. The first kappa shape index (κ1) is 49.6. The summed E-state index contributed by atoms with van der Waals surface area (Å²) in [6.45, 7) is -0.177. The molecule has 0 saturated carbocycles. The molecule has 2 aliphatic carbocycles. The molecule has 14 aromatic rings. The quantitative estimate of drug-likeness (QED) is 0.141. The van der Waals surface area contributed by atoms with Gasteiger partial charge in [0.05, 0.1) is 55.9 Å². The van der Waals surface area contributed by atoms with Crippen molar-refractivity contribution in [1.82, 2.24) is 9.13 Å². The highest BCUT2D eigenvalue weighted by Crippen LogP contribution is 2.66. The van der Waals surface area contributed by atoms with Gasteiger partial charge in [-0.3, -0.25) is 0 Å². The summed E-state index contributed by atoms with van der Waals surface area (Å²) >= 11 is 0. The minimum atomic E-state index is -0.856. The smallest absolute Gasteiger partial charge is 0.250 e. The summed E-state index contributed by atoms with van der Waals surface area (Å²) in [5.41, 5.74) is 21.3. The van der Waals surface area contributed by atoms with Gasteiger partial charge in [0.25, 0.3) is 13.4 Å². The second kappa shape index (κ2) is 18.6. The van der Waals surface area contributed by atoms with E-state index in [-0.39, 0.29) is 13.4 Å². The minimum absolute atomic E-state index is 0.0887. The van der Waals surface area contributed by atoms with Gasteiger partial charge in [-0.2, -0.15) is 0 Å². The molecule has 0 saturated heterocycles. The van der Waals surface area contributed by atoms with Crippen LogP contribution in [0.4, 0.5) is 0 Å². The maximum absolute atomic E-state index is 7.52. The Hall–Kier alpha value is -10.8. The Labute approximate surface area is 503 Å². The van der Waals surface area contributed by atoms with Crippen molar-refractivity contribution < 1.29 is 28.4 Å². The van der Waals surface area contributed by atoms with Crippen LogP contribution < -0.4 is 61.2 Å². The molecule has 4 heterocycles. The Morgan fingerprint density at radius 3 is 1.03 bits per heavy atom. The average molecular weight is 1120 g/mol. The van der Waals surface area contributed by atoms with Gasteiger partial charge in [0.2, 0.25) is 0 Å². The monoisotopic (exact) mass is 1120 g/mol. The maximum atomic E-state index is 7.52. The Bertz CT molecular complexity index is 4810. The number of hydrogen-bond acceptors (Lipinski definition) is 6. The van der Waals surface area contributed by atoms with E-state index in [1.807, 2.05) is 0 Å². The van der Waals surface area contributed by atoms with Gasteiger partial charge >= 0.3 is 0 Å². The van der Waals surface area contributed by atoms with Gasteiger partial charge in [0.15, 0.2) is 0 Å². The Balaban J connectivity index is 0.965. The predicted octanol–water partition coefficient (Wildman–Crippen LogP) is 13.5. The standard InChI is InChI=1S/C77H52B2N2O6/c1-82-49-25-35-67-53(41-49)54-42-50(83-2)26-36-68(54)80(67)47-23-29-59-57(39-47)73-61(31-33-65-75(73)86-71-21-13-11-19-63(71)78(65)45-15-7-5-8-16-45)77(59)60-30-24-48(81-69-37-27-51(84-3)43-55(69)56-44-52(85-4)28-38-70(56)81)40-58(60)74-62(77)32-34-66-76(74)87-72-22-14-12-20-64(72)79(66)46-17-9-6-10-18-46/h5-44H,1-4H3. The predicted molar refractivity (Wildman–Crippen MR) is 353 cm³/mol. The van der Waals surface area contributed by atoms with Gasteiger partial charge in [0, 0.05) is 44.0 Å². The summed E-state index contributed by atoms with van der Waals surface area (Å²) in [7, 11) is 6.89. The minimum Gasteiger partial charge on any atom is -0.497 e. The average Bonchev–Trinajstić information content (AvgIpc) is 1.50. The zero-order valence-electron chi connectivity index (χ0n) is 48.1. The summed E-state index contributed by atoms with van der Waals surface area (Å²) < 4.78 is 43.3. The van der Waals surface area contributed by atoms with Crippen LogP contribution in [0, 0.1) is 0 Å². The molecule has 0 amide bonds. The van der Waals surface area contributed by atoms with Gasteiger partial charge in [-0.05, 0) is 164 Å². The van der Waals surface area contributed by atoms with Gasteiger partial charge in [-0.25, -0.2) is 0 Å². The van der Waals surface area contributed by atoms with Crippen molar-refractivity contribution >= 4 is 89.8 Å². The molecule has 2 aromatic heterocycles. The van der Waals surface area contributed by atoms with Crippen LogP contribution in [0.3, 0.4) is 0 Å². The summed E-state index contributed by atoms with van der Waals surface area (Å²) in [5.74, 6) is 6.58. The lowest BCUT2D eigenvalue weighted by Crippen LogP contribution is -2.55. The van der Waals surface area contributed by atoms with Crippen molar-refractivity contribution in [3.8, 4) is 79.6 Å². The van der Waals surface area contributed by atoms with E-state index >= 15 is 0 Å². The molecule has 0 atom stereocenters. The number of ether oxygens (including phenoxy) is 6. The first-order valence-corrected chi connectivity index (χ1v) is 29.6. The van der Waals surface area contributed by atoms with Crippen molar-refractivity contribution in [3.05, 3.63) is 265 Å². The largest absolute Gasteiger partial charge is 0.497 e.